The van der Waals surface area contributed by atoms with E-state index in [0.717, 1.165) is 11.3 Å². The highest BCUT2D eigenvalue weighted by Gasteiger charge is 2.12. The quantitative estimate of drug-likeness (QED) is 0.498. The van der Waals surface area contributed by atoms with Gasteiger partial charge in [-0.15, -0.1) is 0 Å². The summed E-state index contributed by atoms with van der Waals surface area (Å²) in [6, 6.07) is 20.9. The maximum Gasteiger partial charge on any atom is 0.335 e. The molecule has 0 aliphatic rings. The molecule has 6 heteroatoms. The number of aromatic carboxylic acids is 1. The topological polar surface area (TPSA) is 81.4 Å². The molecular weight excluding hydrogens is 392 g/mol. The second-order valence-corrected chi connectivity index (χ2v) is 6.78. The van der Waals surface area contributed by atoms with E-state index >= 15 is 0 Å². The third-order valence-electron chi connectivity index (χ3n) is 4.80. The lowest BCUT2D eigenvalue weighted by atomic mass is 10.1. The highest BCUT2D eigenvalue weighted by molar-refractivity contribution is 5.88. The number of rotatable bonds is 6. The molecule has 1 heterocycles. The third kappa shape index (κ3) is 4.09. The van der Waals surface area contributed by atoms with Gasteiger partial charge in [-0.25, -0.2) is 9.78 Å². The number of nitrogens with zero attached hydrogens (tertiary/aromatic N) is 2. The van der Waals surface area contributed by atoms with Crippen LogP contribution in [0.5, 0.6) is 5.75 Å². The van der Waals surface area contributed by atoms with Gasteiger partial charge in [0.05, 0.1) is 28.8 Å². The van der Waals surface area contributed by atoms with E-state index in [-0.39, 0.29) is 11.1 Å². The highest BCUT2D eigenvalue weighted by atomic mass is 16.5. The molecule has 0 amide bonds. The Morgan fingerprint density at radius 3 is 2.45 bits per heavy atom. The van der Waals surface area contributed by atoms with E-state index in [1.165, 1.54) is 16.7 Å². The molecule has 0 radical (unpaired) electrons. The van der Waals surface area contributed by atoms with E-state index in [4.69, 9.17) is 4.74 Å². The van der Waals surface area contributed by atoms with Crippen LogP contribution in [0, 0.1) is 0 Å². The van der Waals surface area contributed by atoms with Crippen LogP contribution in [0.1, 0.15) is 28.7 Å². The molecule has 0 spiro atoms. The van der Waals surface area contributed by atoms with Crippen LogP contribution < -0.4 is 10.3 Å². The van der Waals surface area contributed by atoms with E-state index in [9.17, 15) is 14.7 Å². The first-order valence-corrected chi connectivity index (χ1v) is 9.84. The molecule has 0 aliphatic heterocycles. The number of aromatic nitrogens is 2. The summed E-state index contributed by atoms with van der Waals surface area (Å²) in [6.45, 7) is 2.46. The molecule has 6 nitrogen and oxygen atoms in total. The summed E-state index contributed by atoms with van der Waals surface area (Å²) in [4.78, 5) is 29.2. The standard InChI is InChI=1S/C25H20N2O4/c1-2-31-22-10-6-3-7-17(22)13-16-23-26-21-9-5-4-8-20(21)24(28)27(23)19-14-11-18(12-15-19)25(29)30/h3-16H,2H2,1H3,(H,29,30)/b16-13+. The second-order valence-electron chi connectivity index (χ2n) is 6.78. The Balaban J connectivity index is 1.89. The summed E-state index contributed by atoms with van der Waals surface area (Å²) >= 11 is 0. The minimum absolute atomic E-state index is 0.147. The van der Waals surface area contributed by atoms with Crippen LogP contribution >= 0.6 is 0 Å². The van der Waals surface area contributed by atoms with Crippen molar-refractivity contribution >= 4 is 29.0 Å². The Morgan fingerprint density at radius 2 is 1.71 bits per heavy atom. The fourth-order valence-electron chi connectivity index (χ4n) is 3.33. The van der Waals surface area contributed by atoms with Gasteiger partial charge in [-0.2, -0.15) is 0 Å². The molecule has 4 rings (SSSR count). The predicted octanol–water partition coefficient (Wildman–Crippen LogP) is 4.65. The summed E-state index contributed by atoms with van der Waals surface area (Å²) in [6.07, 6.45) is 3.61. The van der Waals surface area contributed by atoms with Crippen molar-refractivity contribution in [3.63, 3.8) is 0 Å². The van der Waals surface area contributed by atoms with E-state index in [2.05, 4.69) is 4.98 Å². The zero-order valence-corrected chi connectivity index (χ0v) is 16.9. The molecular formula is C25H20N2O4. The largest absolute Gasteiger partial charge is 0.493 e. The predicted molar refractivity (Wildman–Crippen MR) is 121 cm³/mol. The molecule has 0 bridgehead atoms. The van der Waals surface area contributed by atoms with Crippen LogP contribution in [0.3, 0.4) is 0 Å². The van der Waals surface area contributed by atoms with Crippen molar-refractivity contribution in [3.05, 3.63) is 100 Å². The van der Waals surface area contributed by atoms with Crippen LogP contribution in [-0.4, -0.2) is 27.2 Å². The van der Waals surface area contributed by atoms with Crippen molar-refractivity contribution < 1.29 is 14.6 Å². The summed E-state index contributed by atoms with van der Waals surface area (Å²) in [5.74, 6) is 0.142. The summed E-state index contributed by atoms with van der Waals surface area (Å²) in [5.41, 5.74) is 1.90. The SMILES string of the molecule is CCOc1ccccc1/C=C/c1nc2ccccc2c(=O)n1-c1ccc(C(=O)O)cc1. The van der Waals surface area contributed by atoms with Crippen molar-refractivity contribution in [2.75, 3.05) is 6.61 Å². The van der Waals surface area contributed by atoms with Gasteiger partial charge in [0.15, 0.2) is 0 Å². The normalized spacial score (nSPS) is 11.1. The van der Waals surface area contributed by atoms with Gasteiger partial charge in [-0.1, -0.05) is 30.3 Å². The number of para-hydroxylation sites is 2. The van der Waals surface area contributed by atoms with E-state index in [1.807, 2.05) is 43.3 Å². The number of carboxylic acids is 1. The zero-order valence-electron chi connectivity index (χ0n) is 16.9. The Labute approximate surface area is 178 Å². The molecule has 0 saturated carbocycles. The average Bonchev–Trinajstić information content (AvgIpc) is 2.79. The Bertz CT molecular complexity index is 1340. The van der Waals surface area contributed by atoms with Gasteiger partial charge in [-0.3, -0.25) is 9.36 Å². The number of carbonyl (C=O) groups is 1. The second kappa shape index (κ2) is 8.67. The average molecular weight is 412 g/mol. The highest BCUT2D eigenvalue weighted by Crippen LogP contribution is 2.21. The first kappa shape index (κ1) is 20.1. The lowest BCUT2D eigenvalue weighted by Gasteiger charge is -2.12. The summed E-state index contributed by atoms with van der Waals surface area (Å²) in [5, 5.41) is 9.66. The van der Waals surface area contributed by atoms with Crippen LogP contribution in [0.15, 0.2) is 77.6 Å². The molecule has 31 heavy (non-hydrogen) atoms. The van der Waals surface area contributed by atoms with Gasteiger partial charge in [0.2, 0.25) is 0 Å². The molecule has 3 aromatic carbocycles. The fourth-order valence-corrected chi connectivity index (χ4v) is 3.33. The van der Waals surface area contributed by atoms with Crippen LogP contribution in [0.2, 0.25) is 0 Å². The van der Waals surface area contributed by atoms with Crippen molar-refractivity contribution in [2.24, 2.45) is 0 Å². The molecule has 0 aliphatic carbocycles. The number of benzene rings is 3. The Kier molecular flexibility index (Phi) is 5.62. The Morgan fingerprint density at radius 1 is 1.00 bits per heavy atom. The van der Waals surface area contributed by atoms with E-state index in [0.29, 0.717) is 29.0 Å². The van der Waals surface area contributed by atoms with Crippen molar-refractivity contribution in [2.45, 2.75) is 6.92 Å². The van der Waals surface area contributed by atoms with Crippen LogP contribution in [0.25, 0.3) is 28.7 Å². The van der Waals surface area contributed by atoms with Gasteiger partial charge in [0.25, 0.3) is 5.56 Å². The lowest BCUT2D eigenvalue weighted by Crippen LogP contribution is -2.22. The molecule has 0 fully saturated rings. The van der Waals surface area contributed by atoms with Gasteiger partial charge < -0.3 is 9.84 Å². The minimum Gasteiger partial charge on any atom is -0.493 e. The molecule has 0 saturated heterocycles. The van der Waals surface area contributed by atoms with Gasteiger partial charge in [-0.05, 0) is 61.5 Å². The molecule has 1 N–H and O–H groups in total. The number of hydrogen-bond donors (Lipinski definition) is 1. The van der Waals surface area contributed by atoms with Crippen molar-refractivity contribution in [1.82, 2.24) is 9.55 Å². The number of fused-ring (bicyclic) bond motifs is 1. The smallest absolute Gasteiger partial charge is 0.335 e. The van der Waals surface area contributed by atoms with Gasteiger partial charge in [0.1, 0.15) is 11.6 Å². The molecule has 154 valence electrons. The zero-order chi connectivity index (χ0) is 21.8. The third-order valence-corrected chi connectivity index (χ3v) is 4.80. The van der Waals surface area contributed by atoms with Gasteiger partial charge >= 0.3 is 5.97 Å². The molecule has 0 atom stereocenters. The summed E-state index contributed by atoms with van der Waals surface area (Å²) in [7, 11) is 0. The monoisotopic (exact) mass is 412 g/mol. The maximum atomic E-state index is 13.3. The Hall–Kier alpha value is -4.19. The van der Waals surface area contributed by atoms with Crippen LogP contribution in [-0.2, 0) is 0 Å². The first-order valence-electron chi connectivity index (χ1n) is 9.84. The van der Waals surface area contributed by atoms with Gasteiger partial charge in [0, 0.05) is 5.56 Å². The van der Waals surface area contributed by atoms with Crippen molar-refractivity contribution in [1.29, 1.82) is 0 Å². The van der Waals surface area contributed by atoms with E-state index in [1.54, 1.807) is 36.4 Å². The molecule has 1 aromatic heterocycles. The first-order chi connectivity index (χ1) is 15.1. The van der Waals surface area contributed by atoms with Crippen molar-refractivity contribution in [3.8, 4) is 11.4 Å². The fraction of sp³-hybridized carbons (Fsp3) is 0.0800. The maximum absolute atomic E-state index is 13.3. The number of hydrogen-bond acceptors (Lipinski definition) is 4. The number of carboxylic acid groups (broad SMARTS) is 1. The van der Waals surface area contributed by atoms with Crippen LogP contribution in [0.4, 0.5) is 0 Å². The molecule has 0 unspecified atom stereocenters. The number of ether oxygens (including phenoxy) is 1. The van der Waals surface area contributed by atoms with E-state index < -0.39 is 5.97 Å². The summed E-state index contributed by atoms with van der Waals surface area (Å²) < 4.78 is 7.15. The lowest BCUT2D eigenvalue weighted by molar-refractivity contribution is 0.0697. The minimum atomic E-state index is -1.02. The molecule has 4 aromatic rings.